The number of hydrogen-bond acceptors (Lipinski definition) is 6. The topological polar surface area (TPSA) is 104 Å². The van der Waals surface area contributed by atoms with Crippen LogP contribution in [-0.2, 0) is 17.8 Å². The molecule has 3 amide bonds. The molecule has 0 unspecified atom stereocenters. The van der Waals surface area contributed by atoms with Gasteiger partial charge in [-0.25, -0.2) is 4.98 Å². The maximum absolute atomic E-state index is 13.6. The highest BCUT2D eigenvalue weighted by Gasteiger charge is 2.35. The maximum Gasteiger partial charge on any atom is 0.275 e. The number of fused-ring (bicyclic) bond motifs is 1. The van der Waals surface area contributed by atoms with Crippen molar-refractivity contribution in [3.63, 3.8) is 0 Å². The lowest BCUT2D eigenvalue weighted by Crippen LogP contribution is -2.46. The van der Waals surface area contributed by atoms with E-state index >= 15 is 0 Å². The van der Waals surface area contributed by atoms with E-state index in [0.717, 1.165) is 5.56 Å². The van der Waals surface area contributed by atoms with E-state index in [-0.39, 0.29) is 30.7 Å². The number of rotatable bonds is 6. The van der Waals surface area contributed by atoms with Crippen molar-refractivity contribution in [3.05, 3.63) is 105 Å². The molecule has 0 saturated carbocycles. The lowest BCUT2D eigenvalue weighted by atomic mass is 10.1. The standard InChI is InChI=1S/C26H20ClN5O3S/c27-17-6-9-20-21(11-17)31-25(34)23(12-19-3-1-2-10-28-19)32(26(20)35)13-16-4-7-18(8-5-16)30-24(33)22-14-36-15-29-22/h1-11,14-15,23H,12-13H2,(H,30,33)(H,31,34)/t23-/m1/s1. The average Bonchev–Trinajstić information content (AvgIpc) is 3.40. The fraction of sp³-hybridized carbons (Fsp3) is 0.115. The maximum atomic E-state index is 13.6. The largest absolute Gasteiger partial charge is 0.323 e. The third-order valence-electron chi connectivity index (χ3n) is 5.77. The fourth-order valence-electron chi connectivity index (χ4n) is 3.97. The Labute approximate surface area is 216 Å². The zero-order valence-corrected chi connectivity index (χ0v) is 20.4. The van der Waals surface area contributed by atoms with Gasteiger partial charge in [0.25, 0.3) is 11.8 Å². The molecule has 5 rings (SSSR count). The van der Waals surface area contributed by atoms with E-state index < -0.39 is 6.04 Å². The number of halogens is 1. The van der Waals surface area contributed by atoms with Crippen molar-refractivity contribution < 1.29 is 14.4 Å². The van der Waals surface area contributed by atoms with E-state index in [9.17, 15) is 14.4 Å². The zero-order chi connectivity index (χ0) is 25.1. The predicted molar refractivity (Wildman–Crippen MR) is 138 cm³/mol. The van der Waals surface area contributed by atoms with Gasteiger partial charge in [0, 0.05) is 40.9 Å². The average molecular weight is 518 g/mol. The van der Waals surface area contributed by atoms with Gasteiger partial charge in [-0.05, 0) is 48.0 Å². The van der Waals surface area contributed by atoms with Crippen LogP contribution >= 0.6 is 22.9 Å². The molecule has 0 spiro atoms. The summed E-state index contributed by atoms with van der Waals surface area (Å²) in [6, 6.07) is 16.6. The summed E-state index contributed by atoms with van der Waals surface area (Å²) in [5.41, 5.74) is 4.78. The Morgan fingerprint density at radius 3 is 2.64 bits per heavy atom. The molecule has 1 atom stereocenters. The SMILES string of the molecule is O=C(Nc1ccc(CN2C(=O)c3ccc(Cl)cc3NC(=O)[C@H]2Cc2ccccn2)cc1)c1cscn1. The number of amides is 3. The smallest absolute Gasteiger partial charge is 0.275 e. The molecule has 0 bridgehead atoms. The van der Waals surface area contributed by atoms with Gasteiger partial charge in [0.15, 0.2) is 0 Å². The van der Waals surface area contributed by atoms with E-state index in [0.29, 0.717) is 33.3 Å². The van der Waals surface area contributed by atoms with Crippen LogP contribution in [-0.4, -0.2) is 38.6 Å². The van der Waals surface area contributed by atoms with Gasteiger partial charge >= 0.3 is 0 Å². The minimum Gasteiger partial charge on any atom is -0.323 e. The Morgan fingerprint density at radius 2 is 1.92 bits per heavy atom. The number of pyridine rings is 1. The van der Waals surface area contributed by atoms with Crippen LogP contribution in [0, 0.1) is 0 Å². The van der Waals surface area contributed by atoms with E-state index in [1.54, 1.807) is 58.4 Å². The second-order valence-electron chi connectivity index (χ2n) is 8.18. The lowest BCUT2D eigenvalue weighted by Gasteiger charge is -2.28. The second-order valence-corrected chi connectivity index (χ2v) is 9.33. The molecule has 180 valence electrons. The molecule has 1 aliphatic rings. The molecule has 0 saturated heterocycles. The van der Waals surface area contributed by atoms with Gasteiger partial charge in [-0.2, -0.15) is 0 Å². The van der Waals surface area contributed by atoms with E-state index in [1.807, 2.05) is 24.3 Å². The molecular formula is C26H20ClN5O3S. The molecule has 3 heterocycles. The summed E-state index contributed by atoms with van der Waals surface area (Å²) >= 11 is 7.47. The molecule has 4 aromatic rings. The fourth-order valence-corrected chi connectivity index (χ4v) is 4.68. The van der Waals surface area contributed by atoms with Gasteiger partial charge in [0.05, 0.1) is 16.8 Å². The van der Waals surface area contributed by atoms with Crippen LogP contribution < -0.4 is 10.6 Å². The Hall–Kier alpha value is -4.08. The summed E-state index contributed by atoms with van der Waals surface area (Å²) in [5, 5.41) is 7.75. The number of anilines is 2. The van der Waals surface area contributed by atoms with E-state index in [1.165, 1.54) is 11.3 Å². The molecule has 0 aliphatic carbocycles. The van der Waals surface area contributed by atoms with Gasteiger partial charge in [0.1, 0.15) is 11.7 Å². The number of thiazole rings is 1. The number of nitrogens with one attached hydrogen (secondary N) is 2. The molecular weight excluding hydrogens is 498 g/mol. The van der Waals surface area contributed by atoms with Crippen molar-refractivity contribution in [2.24, 2.45) is 0 Å². The summed E-state index contributed by atoms with van der Waals surface area (Å²) in [7, 11) is 0. The Kier molecular flexibility index (Phi) is 6.75. The Bertz CT molecular complexity index is 1410. The monoisotopic (exact) mass is 517 g/mol. The van der Waals surface area contributed by atoms with Crippen LogP contribution in [0.25, 0.3) is 0 Å². The summed E-state index contributed by atoms with van der Waals surface area (Å²) in [6.07, 6.45) is 1.91. The van der Waals surface area contributed by atoms with Crippen LogP contribution in [0.2, 0.25) is 5.02 Å². The molecule has 36 heavy (non-hydrogen) atoms. The van der Waals surface area contributed by atoms with Crippen molar-refractivity contribution in [1.29, 1.82) is 0 Å². The molecule has 0 radical (unpaired) electrons. The molecule has 2 aromatic heterocycles. The molecule has 1 aliphatic heterocycles. The minimum atomic E-state index is -0.789. The molecule has 2 aromatic carbocycles. The first-order valence-corrected chi connectivity index (χ1v) is 12.4. The number of nitrogens with zero attached hydrogens (tertiary/aromatic N) is 3. The summed E-state index contributed by atoms with van der Waals surface area (Å²) in [6.45, 7) is 0.187. The number of aromatic nitrogens is 2. The summed E-state index contributed by atoms with van der Waals surface area (Å²) in [4.78, 5) is 49.1. The van der Waals surface area contributed by atoms with Crippen LogP contribution in [0.5, 0.6) is 0 Å². The highest BCUT2D eigenvalue weighted by Crippen LogP contribution is 2.29. The van der Waals surface area contributed by atoms with Gasteiger partial charge in [-0.1, -0.05) is 29.8 Å². The van der Waals surface area contributed by atoms with Crippen molar-refractivity contribution in [2.45, 2.75) is 19.0 Å². The van der Waals surface area contributed by atoms with E-state index in [2.05, 4.69) is 20.6 Å². The van der Waals surface area contributed by atoms with Gasteiger partial charge in [0.2, 0.25) is 5.91 Å². The number of benzene rings is 2. The number of hydrogen-bond donors (Lipinski definition) is 2. The predicted octanol–water partition coefficient (Wildman–Crippen LogP) is 4.65. The zero-order valence-electron chi connectivity index (χ0n) is 18.8. The molecule has 2 N–H and O–H groups in total. The van der Waals surface area contributed by atoms with Crippen LogP contribution in [0.4, 0.5) is 11.4 Å². The number of carbonyl (C=O) groups is 3. The van der Waals surface area contributed by atoms with Crippen LogP contribution in [0.15, 0.2) is 77.8 Å². The Balaban J connectivity index is 1.42. The first kappa shape index (κ1) is 23.7. The van der Waals surface area contributed by atoms with Crippen molar-refractivity contribution in [2.75, 3.05) is 10.6 Å². The lowest BCUT2D eigenvalue weighted by molar-refractivity contribution is -0.120. The quantitative estimate of drug-likeness (QED) is 0.387. The van der Waals surface area contributed by atoms with Gasteiger partial charge < -0.3 is 15.5 Å². The minimum absolute atomic E-state index is 0.187. The first-order valence-electron chi connectivity index (χ1n) is 11.1. The van der Waals surface area contributed by atoms with E-state index in [4.69, 9.17) is 11.6 Å². The summed E-state index contributed by atoms with van der Waals surface area (Å²) < 4.78 is 0. The van der Waals surface area contributed by atoms with Gasteiger partial charge in [-0.15, -0.1) is 11.3 Å². The van der Waals surface area contributed by atoms with Crippen LogP contribution in [0.3, 0.4) is 0 Å². The second kappa shape index (κ2) is 10.3. The number of carbonyl (C=O) groups excluding carboxylic acids is 3. The molecule has 0 fully saturated rings. The Morgan fingerprint density at radius 1 is 1.08 bits per heavy atom. The molecule has 8 nitrogen and oxygen atoms in total. The van der Waals surface area contributed by atoms with Crippen molar-refractivity contribution >= 4 is 52.0 Å². The third-order valence-corrected chi connectivity index (χ3v) is 6.59. The normalized spacial score (nSPS) is 15.1. The van der Waals surface area contributed by atoms with Gasteiger partial charge in [-0.3, -0.25) is 19.4 Å². The highest BCUT2D eigenvalue weighted by molar-refractivity contribution is 7.07. The highest BCUT2D eigenvalue weighted by atomic mass is 35.5. The summed E-state index contributed by atoms with van der Waals surface area (Å²) in [5.74, 6) is -0.905. The molecule has 10 heteroatoms. The van der Waals surface area contributed by atoms with Crippen molar-refractivity contribution in [1.82, 2.24) is 14.9 Å². The van der Waals surface area contributed by atoms with Crippen molar-refractivity contribution in [3.8, 4) is 0 Å². The first-order chi connectivity index (χ1) is 17.5. The van der Waals surface area contributed by atoms with Crippen LogP contribution in [0.1, 0.15) is 32.1 Å². The third kappa shape index (κ3) is 5.12.